The molecule has 0 aromatic heterocycles. The van der Waals surface area contributed by atoms with Crippen LogP contribution in [-0.2, 0) is 28.6 Å². The third kappa shape index (κ3) is 67.6. The van der Waals surface area contributed by atoms with E-state index in [0.29, 0.717) is 19.3 Å². The van der Waals surface area contributed by atoms with Crippen LogP contribution in [0.15, 0.2) is 72.9 Å². The van der Waals surface area contributed by atoms with Gasteiger partial charge in [0.05, 0.1) is 0 Å². The summed E-state index contributed by atoms with van der Waals surface area (Å²) in [5.41, 5.74) is 0. The Morgan fingerprint density at radius 3 is 0.732 bits per heavy atom. The number of hydrogen-bond donors (Lipinski definition) is 0. The molecule has 0 amide bonds. The van der Waals surface area contributed by atoms with Gasteiger partial charge in [0, 0.05) is 19.3 Å². The lowest BCUT2D eigenvalue weighted by molar-refractivity contribution is -0.167. The normalized spacial score (nSPS) is 12.5. The van der Waals surface area contributed by atoms with Crippen LogP contribution >= 0.6 is 0 Å². The van der Waals surface area contributed by atoms with Gasteiger partial charge in [0.2, 0.25) is 0 Å². The highest BCUT2D eigenvalue weighted by molar-refractivity contribution is 5.71. The van der Waals surface area contributed by atoms with Crippen LogP contribution in [0.2, 0.25) is 0 Å². The highest BCUT2D eigenvalue weighted by Crippen LogP contribution is 2.18. The van der Waals surface area contributed by atoms with E-state index in [9.17, 15) is 14.4 Å². The predicted molar refractivity (Wildman–Crippen MR) is 358 cm³/mol. The number of carbonyl (C=O) groups is 3. The van der Waals surface area contributed by atoms with E-state index in [1.807, 2.05) is 0 Å². The van der Waals surface area contributed by atoms with Crippen LogP contribution in [0.5, 0.6) is 0 Å². The quantitative estimate of drug-likeness (QED) is 0.0261. The van der Waals surface area contributed by atoms with Crippen molar-refractivity contribution in [1.82, 2.24) is 0 Å². The fraction of sp³-hybridized carbons (Fsp3) is 0.803. The number of ether oxygens (including phenoxy) is 3. The lowest BCUT2D eigenvalue weighted by atomic mass is 10.0. The van der Waals surface area contributed by atoms with Gasteiger partial charge in [-0.1, -0.05) is 318 Å². The van der Waals surface area contributed by atoms with Crippen molar-refractivity contribution >= 4 is 17.9 Å². The van der Waals surface area contributed by atoms with Crippen molar-refractivity contribution in [2.45, 2.75) is 380 Å². The van der Waals surface area contributed by atoms with Gasteiger partial charge in [-0.3, -0.25) is 14.4 Å². The van der Waals surface area contributed by atoms with Crippen LogP contribution in [0.1, 0.15) is 374 Å². The molecule has 0 radical (unpaired) electrons. The minimum atomic E-state index is -0.785. The molecule has 0 spiro atoms. The lowest BCUT2D eigenvalue weighted by Crippen LogP contribution is -2.30. The van der Waals surface area contributed by atoms with E-state index < -0.39 is 6.10 Å². The summed E-state index contributed by atoms with van der Waals surface area (Å²) in [6.07, 6.45) is 92.3. The first-order chi connectivity index (χ1) is 40.5. The van der Waals surface area contributed by atoms with Gasteiger partial charge < -0.3 is 14.2 Å². The molecule has 0 fully saturated rings. The van der Waals surface area contributed by atoms with Gasteiger partial charge in [-0.25, -0.2) is 0 Å². The average Bonchev–Trinajstić information content (AvgIpc) is 3.47. The summed E-state index contributed by atoms with van der Waals surface area (Å²) >= 11 is 0. The molecular weight excluding hydrogens is 1010 g/mol. The number of hydrogen-bond acceptors (Lipinski definition) is 6. The zero-order valence-electron chi connectivity index (χ0n) is 54.8. The van der Waals surface area contributed by atoms with Crippen LogP contribution in [0.25, 0.3) is 0 Å². The largest absolute Gasteiger partial charge is 0.462 e. The molecule has 0 saturated carbocycles. The van der Waals surface area contributed by atoms with Gasteiger partial charge >= 0.3 is 17.9 Å². The molecule has 0 aliphatic heterocycles. The molecule has 1 unspecified atom stereocenters. The van der Waals surface area contributed by atoms with Crippen LogP contribution in [0, 0.1) is 0 Å². The van der Waals surface area contributed by atoms with Crippen LogP contribution < -0.4 is 0 Å². The standard InChI is InChI=1S/C76H136O6/c1-4-7-10-13-16-19-22-25-27-29-31-32-33-34-35-36-37-38-39-40-41-42-43-44-45-47-48-51-54-57-60-63-66-69-75(78)81-72-73(71-80-74(77)68-65-62-59-56-53-50-24-21-18-15-12-9-6-3)82-76(79)70-67-64-61-58-55-52-49-46-30-28-26-23-20-17-14-11-8-5-2/h12,15,20-25,28-31,73H,4-11,13-14,16-19,26-27,32-72H2,1-3H3/b15-12-,23-20-,24-21-,25-22-,30-28-,31-29-. The summed E-state index contributed by atoms with van der Waals surface area (Å²) in [4.78, 5) is 38.4. The third-order valence-corrected chi connectivity index (χ3v) is 15.9. The number of unbranched alkanes of at least 4 members (excludes halogenated alkanes) is 43. The molecule has 476 valence electrons. The van der Waals surface area contributed by atoms with E-state index in [1.165, 1.54) is 231 Å². The molecule has 0 aliphatic rings. The smallest absolute Gasteiger partial charge is 0.306 e. The summed E-state index contributed by atoms with van der Waals surface area (Å²) in [6.45, 7) is 6.58. The van der Waals surface area contributed by atoms with Gasteiger partial charge in [-0.05, 0) is 109 Å². The highest BCUT2D eigenvalue weighted by atomic mass is 16.6. The third-order valence-electron chi connectivity index (χ3n) is 15.9. The van der Waals surface area contributed by atoms with Crippen molar-refractivity contribution in [3.05, 3.63) is 72.9 Å². The van der Waals surface area contributed by atoms with Crippen molar-refractivity contribution < 1.29 is 28.6 Å². The summed E-state index contributed by atoms with van der Waals surface area (Å²) in [5.74, 6) is -0.883. The SMILES string of the molecule is CCC/C=C\C/C=C\CCCCCCCC(=O)OCC(COC(=O)CCCCCCCCCCCCCCCCCCCCCCC/C=C\C/C=C\CCCCCCC)OC(=O)CCCCCCCCC/C=C\C/C=C\CCCCCC. The molecule has 0 N–H and O–H groups in total. The first-order valence-corrected chi connectivity index (χ1v) is 35.9. The van der Waals surface area contributed by atoms with E-state index in [4.69, 9.17) is 14.2 Å². The summed E-state index contributed by atoms with van der Waals surface area (Å²) in [7, 11) is 0. The predicted octanol–water partition coefficient (Wildman–Crippen LogP) is 24.8. The molecular formula is C76H136O6. The van der Waals surface area contributed by atoms with Crippen LogP contribution in [-0.4, -0.2) is 37.2 Å². The van der Waals surface area contributed by atoms with Gasteiger partial charge in [-0.15, -0.1) is 0 Å². The summed E-state index contributed by atoms with van der Waals surface area (Å²) < 4.78 is 17.0. The van der Waals surface area contributed by atoms with Crippen molar-refractivity contribution in [3.63, 3.8) is 0 Å². The molecule has 6 nitrogen and oxygen atoms in total. The molecule has 0 aliphatic carbocycles. The summed E-state index contributed by atoms with van der Waals surface area (Å²) in [5, 5.41) is 0. The Labute approximate surface area is 510 Å². The lowest BCUT2D eigenvalue weighted by Gasteiger charge is -2.18. The molecule has 0 heterocycles. The second-order valence-electron chi connectivity index (χ2n) is 24.1. The summed E-state index contributed by atoms with van der Waals surface area (Å²) in [6, 6.07) is 0. The highest BCUT2D eigenvalue weighted by Gasteiger charge is 2.19. The Hall–Kier alpha value is -3.15. The molecule has 82 heavy (non-hydrogen) atoms. The Balaban J connectivity index is 4.15. The monoisotopic (exact) mass is 1150 g/mol. The zero-order valence-corrected chi connectivity index (χ0v) is 54.8. The first kappa shape index (κ1) is 78.8. The Bertz CT molecular complexity index is 1500. The topological polar surface area (TPSA) is 78.9 Å². The number of allylic oxidation sites excluding steroid dienone is 12. The van der Waals surface area contributed by atoms with E-state index in [1.54, 1.807) is 0 Å². The van der Waals surface area contributed by atoms with Crippen molar-refractivity contribution in [2.75, 3.05) is 13.2 Å². The zero-order chi connectivity index (χ0) is 59.2. The van der Waals surface area contributed by atoms with Gasteiger partial charge in [0.15, 0.2) is 6.10 Å². The van der Waals surface area contributed by atoms with E-state index in [2.05, 4.69) is 93.7 Å². The van der Waals surface area contributed by atoms with Crippen molar-refractivity contribution in [1.29, 1.82) is 0 Å². The molecule has 0 bridgehead atoms. The van der Waals surface area contributed by atoms with Gasteiger partial charge in [0.25, 0.3) is 0 Å². The van der Waals surface area contributed by atoms with E-state index in [0.717, 1.165) is 103 Å². The molecule has 6 heteroatoms. The Morgan fingerprint density at radius 1 is 0.244 bits per heavy atom. The molecule has 1 atom stereocenters. The average molecular weight is 1150 g/mol. The van der Waals surface area contributed by atoms with Gasteiger partial charge in [-0.2, -0.15) is 0 Å². The Kier molecular flexibility index (Phi) is 67.6. The fourth-order valence-corrected chi connectivity index (χ4v) is 10.5. The first-order valence-electron chi connectivity index (χ1n) is 35.9. The van der Waals surface area contributed by atoms with Crippen molar-refractivity contribution in [2.24, 2.45) is 0 Å². The molecule has 0 rings (SSSR count). The van der Waals surface area contributed by atoms with Crippen molar-refractivity contribution in [3.8, 4) is 0 Å². The van der Waals surface area contributed by atoms with E-state index in [-0.39, 0.29) is 31.1 Å². The second-order valence-corrected chi connectivity index (χ2v) is 24.1. The fourth-order valence-electron chi connectivity index (χ4n) is 10.5. The maximum Gasteiger partial charge on any atom is 0.306 e. The number of carbonyl (C=O) groups excluding carboxylic acids is 3. The van der Waals surface area contributed by atoms with E-state index >= 15 is 0 Å². The minimum absolute atomic E-state index is 0.0798. The van der Waals surface area contributed by atoms with Gasteiger partial charge in [0.1, 0.15) is 13.2 Å². The molecule has 0 aromatic rings. The molecule has 0 aromatic carbocycles. The van der Waals surface area contributed by atoms with Crippen LogP contribution in [0.3, 0.4) is 0 Å². The molecule has 0 saturated heterocycles. The number of rotatable bonds is 66. The van der Waals surface area contributed by atoms with Crippen LogP contribution in [0.4, 0.5) is 0 Å². The minimum Gasteiger partial charge on any atom is -0.462 e. The maximum atomic E-state index is 12.9. The second kappa shape index (κ2) is 70.3. The number of esters is 3. The Morgan fingerprint density at radius 2 is 0.463 bits per heavy atom. The maximum absolute atomic E-state index is 12.9.